The van der Waals surface area contributed by atoms with E-state index in [1.807, 2.05) is 18.5 Å². The predicted molar refractivity (Wildman–Crippen MR) is 123 cm³/mol. The summed E-state index contributed by atoms with van der Waals surface area (Å²) in [7, 11) is 0. The summed E-state index contributed by atoms with van der Waals surface area (Å²) < 4.78 is 7.89. The highest BCUT2D eigenvalue weighted by Gasteiger charge is 2.15. The fourth-order valence-electron chi connectivity index (χ4n) is 4.38. The predicted octanol–water partition coefficient (Wildman–Crippen LogP) is 4.34. The van der Waals surface area contributed by atoms with E-state index in [2.05, 4.69) is 69.7 Å². The van der Waals surface area contributed by atoms with Crippen LogP contribution < -0.4 is 0 Å². The maximum absolute atomic E-state index is 5.49. The van der Waals surface area contributed by atoms with E-state index in [0.717, 1.165) is 52.5 Å². The van der Waals surface area contributed by atoms with Gasteiger partial charge in [-0.2, -0.15) is 0 Å². The third-order valence-electron chi connectivity index (χ3n) is 5.95. The molecule has 3 heterocycles. The molecule has 0 radical (unpaired) electrons. The highest BCUT2D eigenvalue weighted by Crippen LogP contribution is 2.26. The molecule has 3 aromatic rings. The Balaban J connectivity index is 1.49. The van der Waals surface area contributed by atoms with Crippen LogP contribution in [-0.2, 0) is 17.8 Å². The van der Waals surface area contributed by atoms with Gasteiger partial charge in [-0.15, -0.1) is 0 Å². The smallest absolute Gasteiger partial charge is 0.0594 e. The van der Waals surface area contributed by atoms with Gasteiger partial charge in [-0.25, -0.2) is 0 Å². The van der Waals surface area contributed by atoms with Crippen molar-refractivity contribution in [3.63, 3.8) is 0 Å². The van der Waals surface area contributed by atoms with Gasteiger partial charge in [0, 0.05) is 68.3 Å². The van der Waals surface area contributed by atoms with E-state index in [0.29, 0.717) is 6.04 Å². The molecule has 0 amide bonds. The summed E-state index contributed by atoms with van der Waals surface area (Å²) in [5.41, 5.74) is 4.02. The topological polar surface area (TPSA) is 33.5 Å². The van der Waals surface area contributed by atoms with Gasteiger partial charge in [0.2, 0.25) is 0 Å². The average Bonchev–Trinajstić information content (AvgIpc) is 3.14. The summed E-state index contributed by atoms with van der Waals surface area (Å²) in [4.78, 5) is 9.42. The Morgan fingerprint density at radius 1 is 1.07 bits per heavy atom. The molecule has 4 rings (SSSR count). The van der Waals surface area contributed by atoms with Gasteiger partial charge >= 0.3 is 0 Å². The third kappa shape index (κ3) is 5.28. The number of hydrogen-bond donors (Lipinski definition) is 0. The first-order valence-corrected chi connectivity index (χ1v) is 11.2. The van der Waals surface area contributed by atoms with Crippen LogP contribution in [-0.4, -0.2) is 58.7 Å². The lowest BCUT2D eigenvalue weighted by Gasteiger charge is -2.28. The number of ether oxygens (including phenoxy) is 1. The molecule has 1 aliphatic rings. The van der Waals surface area contributed by atoms with Gasteiger partial charge in [-0.1, -0.05) is 24.3 Å². The number of hydrogen-bond acceptors (Lipinski definition) is 4. The SMILES string of the molecule is CC(C)n1cc(CN(CCCN2CCOCC2)Cc2cccnc2)c2ccccc21. The normalized spacial score (nSPS) is 15.5. The Bertz CT molecular complexity index is 915. The van der Waals surface area contributed by atoms with Crippen molar-refractivity contribution in [2.24, 2.45) is 0 Å². The van der Waals surface area contributed by atoms with Crippen molar-refractivity contribution in [2.45, 2.75) is 39.4 Å². The molecule has 30 heavy (non-hydrogen) atoms. The molecule has 1 fully saturated rings. The molecular weight excluding hydrogens is 372 g/mol. The van der Waals surface area contributed by atoms with Crippen LogP contribution in [0, 0.1) is 0 Å². The molecule has 0 N–H and O–H groups in total. The van der Waals surface area contributed by atoms with Crippen LogP contribution in [0.15, 0.2) is 55.0 Å². The number of benzene rings is 1. The Morgan fingerprint density at radius 2 is 1.90 bits per heavy atom. The zero-order valence-electron chi connectivity index (χ0n) is 18.3. The van der Waals surface area contributed by atoms with Gasteiger partial charge in [-0.3, -0.25) is 14.8 Å². The van der Waals surface area contributed by atoms with E-state index in [1.54, 1.807) is 0 Å². The van der Waals surface area contributed by atoms with Gasteiger partial charge in [0.1, 0.15) is 0 Å². The number of rotatable bonds is 9. The molecule has 5 nitrogen and oxygen atoms in total. The standard InChI is InChI=1S/C25H34N4O/c1-21(2)29-20-23(24-8-3-4-9-25(24)29)19-28(18-22-7-5-10-26-17-22)12-6-11-27-13-15-30-16-14-27/h3-5,7-10,17,20-21H,6,11-16,18-19H2,1-2H3. The molecule has 0 aliphatic carbocycles. The van der Waals surface area contributed by atoms with E-state index in [4.69, 9.17) is 4.74 Å². The first-order valence-electron chi connectivity index (χ1n) is 11.2. The molecule has 160 valence electrons. The van der Waals surface area contributed by atoms with E-state index in [-0.39, 0.29) is 0 Å². The molecule has 0 bridgehead atoms. The number of pyridine rings is 1. The second-order valence-electron chi connectivity index (χ2n) is 8.55. The molecule has 0 spiro atoms. The Hall–Kier alpha value is -2.21. The molecule has 1 aliphatic heterocycles. The summed E-state index contributed by atoms with van der Waals surface area (Å²) in [6.45, 7) is 12.5. The molecule has 1 saturated heterocycles. The molecule has 0 atom stereocenters. The highest BCUT2D eigenvalue weighted by atomic mass is 16.5. The monoisotopic (exact) mass is 406 g/mol. The first-order chi connectivity index (χ1) is 14.7. The average molecular weight is 407 g/mol. The largest absolute Gasteiger partial charge is 0.379 e. The zero-order valence-corrected chi connectivity index (χ0v) is 18.3. The molecule has 5 heteroatoms. The summed E-state index contributed by atoms with van der Waals surface area (Å²) in [6.07, 6.45) is 7.37. The number of aromatic nitrogens is 2. The number of morpholine rings is 1. The molecule has 2 aromatic heterocycles. The molecule has 0 unspecified atom stereocenters. The summed E-state index contributed by atoms with van der Waals surface area (Å²) in [5, 5.41) is 1.37. The molecule has 1 aromatic carbocycles. The fraction of sp³-hybridized carbons (Fsp3) is 0.480. The first kappa shape index (κ1) is 21.0. The van der Waals surface area contributed by atoms with Crippen LogP contribution in [0.1, 0.15) is 37.4 Å². The van der Waals surface area contributed by atoms with Crippen molar-refractivity contribution in [2.75, 3.05) is 39.4 Å². The summed E-state index contributed by atoms with van der Waals surface area (Å²) in [5.74, 6) is 0. The Kier molecular flexibility index (Phi) is 7.16. The molecule has 0 saturated carbocycles. The lowest BCUT2D eigenvalue weighted by molar-refractivity contribution is 0.0359. The summed E-state index contributed by atoms with van der Waals surface area (Å²) >= 11 is 0. The highest BCUT2D eigenvalue weighted by molar-refractivity contribution is 5.84. The minimum Gasteiger partial charge on any atom is -0.379 e. The van der Waals surface area contributed by atoms with Gasteiger partial charge < -0.3 is 9.30 Å². The van der Waals surface area contributed by atoms with Crippen LogP contribution in [0.5, 0.6) is 0 Å². The summed E-state index contributed by atoms with van der Waals surface area (Å²) in [6, 6.07) is 13.5. The van der Waals surface area contributed by atoms with Crippen LogP contribution in [0.4, 0.5) is 0 Å². The van der Waals surface area contributed by atoms with Crippen LogP contribution >= 0.6 is 0 Å². The number of para-hydroxylation sites is 1. The van der Waals surface area contributed by atoms with Crippen molar-refractivity contribution in [1.82, 2.24) is 19.4 Å². The van der Waals surface area contributed by atoms with Gasteiger partial charge in [-0.05, 0) is 50.1 Å². The van der Waals surface area contributed by atoms with Crippen molar-refractivity contribution < 1.29 is 4.74 Å². The fourth-order valence-corrected chi connectivity index (χ4v) is 4.38. The van der Waals surface area contributed by atoms with Crippen LogP contribution in [0.3, 0.4) is 0 Å². The van der Waals surface area contributed by atoms with Gasteiger partial charge in [0.15, 0.2) is 0 Å². The van der Waals surface area contributed by atoms with E-state index in [9.17, 15) is 0 Å². The lowest BCUT2D eigenvalue weighted by atomic mass is 10.1. The van der Waals surface area contributed by atoms with Gasteiger partial charge in [0.25, 0.3) is 0 Å². The minimum absolute atomic E-state index is 0.455. The van der Waals surface area contributed by atoms with Crippen LogP contribution in [0.25, 0.3) is 10.9 Å². The van der Waals surface area contributed by atoms with E-state index in [1.165, 1.54) is 28.5 Å². The van der Waals surface area contributed by atoms with E-state index < -0.39 is 0 Å². The van der Waals surface area contributed by atoms with Crippen molar-refractivity contribution in [1.29, 1.82) is 0 Å². The van der Waals surface area contributed by atoms with Gasteiger partial charge in [0.05, 0.1) is 13.2 Å². The van der Waals surface area contributed by atoms with Crippen molar-refractivity contribution in [3.8, 4) is 0 Å². The zero-order chi connectivity index (χ0) is 20.8. The quantitative estimate of drug-likeness (QED) is 0.529. The van der Waals surface area contributed by atoms with Crippen LogP contribution in [0.2, 0.25) is 0 Å². The van der Waals surface area contributed by atoms with Crippen molar-refractivity contribution in [3.05, 3.63) is 66.1 Å². The Morgan fingerprint density at radius 3 is 2.67 bits per heavy atom. The second-order valence-corrected chi connectivity index (χ2v) is 8.55. The maximum atomic E-state index is 5.49. The molecular formula is C25H34N4O. The third-order valence-corrected chi connectivity index (χ3v) is 5.95. The second kappa shape index (κ2) is 10.2. The Labute approximate surface area is 180 Å². The lowest BCUT2D eigenvalue weighted by Crippen LogP contribution is -2.38. The maximum Gasteiger partial charge on any atom is 0.0594 e. The minimum atomic E-state index is 0.455. The van der Waals surface area contributed by atoms with E-state index >= 15 is 0 Å². The van der Waals surface area contributed by atoms with Crippen molar-refractivity contribution >= 4 is 10.9 Å². The number of fused-ring (bicyclic) bond motifs is 1. The number of nitrogens with zero attached hydrogens (tertiary/aromatic N) is 4.